The molecule has 1 aromatic heterocycles. The van der Waals surface area contributed by atoms with E-state index in [9.17, 15) is 8.42 Å². The maximum atomic E-state index is 12.3. The van der Waals surface area contributed by atoms with E-state index in [2.05, 4.69) is 30.6 Å². The summed E-state index contributed by atoms with van der Waals surface area (Å²) in [5, 5.41) is 0. The second-order valence-electron chi connectivity index (χ2n) is 4.61. The Labute approximate surface area is 130 Å². The maximum absolute atomic E-state index is 12.3. The number of nitrogens with zero attached hydrogens (tertiary/aromatic N) is 1. The highest BCUT2D eigenvalue weighted by Gasteiger charge is 2.14. The van der Waals surface area contributed by atoms with E-state index in [-0.39, 0.29) is 4.90 Å². The number of halogens is 1. The molecule has 21 heavy (non-hydrogen) atoms. The number of aromatic nitrogens is 2. The Morgan fingerprint density at radius 3 is 2.57 bits per heavy atom. The van der Waals surface area contributed by atoms with E-state index in [1.165, 1.54) is 0 Å². The number of aryl methyl sites for hydroxylation is 1. The van der Waals surface area contributed by atoms with Crippen LogP contribution in [0.25, 0.3) is 11.0 Å². The van der Waals surface area contributed by atoms with Gasteiger partial charge in [-0.1, -0.05) is 15.9 Å². The molecule has 2 N–H and O–H groups in total. The first-order valence-corrected chi connectivity index (χ1v) is 8.46. The van der Waals surface area contributed by atoms with Crippen molar-refractivity contribution in [3.05, 3.63) is 52.8 Å². The molecule has 0 radical (unpaired) electrons. The lowest BCUT2D eigenvalue weighted by Gasteiger charge is -2.08. The summed E-state index contributed by atoms with van der Waals surface area (Å²) in [5.41, 5.74) is 2.09. The quantitative estimate of drug-likeness (QED) is 0.746. The second kappa shape index (κ2) is 5.16. The first-order valence-electron chi connectivity index (χ1n) is 6.19. The Kier molecular flexibility index (Phi) is 3.46. The summed E-state index contributed by atoms with van der Waals surface area (Å²) in [7, 11) is -3.60. The van der Waals surface area contributed by atoms with Crippen LogP contribution in [0, 0.1) is 6.92 Å². The summed E-state index contributed by atoms with van der Waals surface area (Å²) in [6, 6.07) is 11.7. The number of rotatable bonds is 3. The molecule has 7 heteroatoms. The van der Waals surface area contributed by atoms with Crippen LogP contribution in [-0.4, -0.2) is 18.4 Å². The molecule has 0 saturated heterocycles. The molecule has 0 fully saturated rings. The van der Waals surface area contributed by atoms with E-state index in [0.717, 1.165) is 21.3 Å². The molecule has 0 bridgehead atoms. The van der Waals surface area contributed by atoms with E-state index in [4.69, 9.17) is 0 Å². The van der Waals surface area contributed by atoms with Gasteiger partial charge in [-0.3, -0.25) is 4.72 Å². The zero-order valence-corrected chi connectivity index (χ0v) is 13.5. The molecule has 1 heterocycles. The monoisotopic (exact) mass is 365 g/mol. The highest BCUT2D eigenvalue weighted by molar-refractivity contribution is 9.10. The average molecular weight is 366 g/mol. The van der Waals surface area contributed by atoms with Crippen LogP contribution in [0.4, 0.5) is 5.69 Å². The number of benzene rings is 2. The zero-order valence-electron chi connectivity index (χ0n) is 11.1. The number of aromatic amines is 1. The number of nitrogens with one attached hydrogen (secondary N) is 2. The van der Waals surface area contributed by atoms with Crippen LogP contribution in [0.1, 0.15) is 5.82 Å². The van der Waals surface area contributed by atoms with E-state index in [1.807, 2.05) is 6.92 Å². The molecule has 2 aromatic carbocycles. The van der Waals surface area contributed by atoms with Crippen LogP contribution in [-0.2, 0) is 10.0 Å². The minimum Gasteiger partial charge on any atom is -0.342 e. The standard InChI is InChI=1S/C14H12BrN3O2S/c1-9-16-13-7-4-11(8-14(13)17-9)18-21(19,20)12-5-2-10(15)3-6-12/h2-8,18H,1H3,(H,16,17). The van der Waals surface area contributed by atoms with Gasteiger partial charge >= 0.3 is 0 Å². The van der Waals surface area contributed by atoms with Gasteiger partial charge in [0.1, 0.15) is 5.82 Å². The Hall–Kier alpha value is -1.86. The fourth-order valence-electron chi connectivity index (χ4n) is 2.03. The SMILES string of the molecule is Cc1nc2ccc(NS(=O)(=O)c3ccc(Br)cc3)cc2[nH]1. The van der Waals surface area contributed by atoms with Gasteiger partial charge in [-0.2, -0.15) is 0 Å². The molecule has 0 unspecified atom stereocenters. The van der Waals surface area contributed by atoms with Gasteiger partial charge < -0.3 is 4.98 Å². The van der Waals surface area contributed by atoms with Crippen molar-refractivity contribution >= 4 is 42.7 Å². The van der Waals surface area contributed by atoms with Crippen LogP contribution in [0.5, 0.6) is 0 Å². The second-order valence-corrected chi connectivity index (χ2v) is 7.21. The van der Waals surface area contributed by atoms with Crippen LogP contribution in [0.15, 0.2) is 51.8 Å². The summed E-state index contributed by atoms with van der Waals surface area (Å²) < 4.78 is 28.0. The van der Waals surface area contributed by atoms with Gasteiger partial charge in [0.05, 0.1) is 21.6 Å². The minimum atomic E-state index is -3.60. The molecule has 0 aliphatic heterocycles. The molecule has 0 aliphatic carbocycles. The van der Waals surface area contributed by atoms with Crippen molar-refractivity contribution in [2.45, 2.75) is 11.8 Å². The molecule has 0 aliphatic rings. The van der Waals surface area contributed by atoms with Crippen LogP contribution in [0.3, 0.4) is 0 Å². The molecular weight excluding hydrogens is 354 g/mol. The number of sulfonamides is 1. The summed E-state index contributed by atoms with van der Waals surface area (Å²) >= 11 is 3.28. The van der Waals surface area contributed by atoms with E-state index in [1.54, 1.807) is 42.5 Å². The Morgan fingerprint density at radius 2 is 1.86 bits per heavy atom. The minimum absolute atomic E-state index is 0.214. The third-order valence-electron chi connectivity index (χ3n) is 2.98. The van der Waals surface area contributed by atoms with Gasteiger partial charge in [0.2, 0.25) is 0 Å². The summed E-state index contributed by atoms with van der Waals surface area (Å²) in [4.78, 5) is 7.57. The number of imidazole rings is 1. The van der Waals surface area contributed by atoms with E-state index < -0.39 is 10.0 Å². The van der Waals surface area contributed by atoms with Crippen molar-refractivity contribution in [3.8, 4) is 0 Å². The maximum Gasteiger partial charge on any atom is 0.261 e. The molecule has 3 rings (SSSR count). The number of hydrogen-bond donors (Lipinski definition) is 2. The van der Waals surface area contributed by atoms with Gasteiger partial charge in [-0.15, -0.1) is 0 Å². The van der Waals surface area contributed by atoms with Crippen molar-refractivity contribution in [1.29, 1.82) is 0 Å². The number of fused-ring (bicyclic) bond motifs is 1. The Morgan fingerprint density at radius 1 is 1.14 bits per heavy atom. The van der Waals surface area contributed by atoms with Crippen molar-refractivity contribution in [2.75, 3.05) is 4.72 Å². The highest BCUT2D eigenvalue weighted by atomic mass is 79.9. The highest BCUT2D eigenvalue weighted by Crippen LogP contribution is 2.21. The molecule has 108 valence electrons. The summed E-state index contributed by atoms with van der Waals surface area (Å²) in [6.45, 7) is 1.85. The first-order chi connectivity index (χ1) is 9.94. The van der Waals surface area contributed by atoms with Crippen LogP contribution < -0.4 is 4.72 Å². The molecule has 3 aromatic rings. The predicted octanol–water partition coefficient (Wildman–Crippen LogP) is 3.43. The Bertz CT molecular complexity index is 902. The fourth-order valence-corrected chi connectivity index (χ4v) is 3.34. The Balaban J connectivity index is 1.94. The largest absolute Gasteiger partial charge is 0.342 e. The average Bonchev–Trinajstić information content (AvgIpc) is 2.78. The molecule has 0 saturated carbocycles. The first kappa shape index (κ1) is 14.1. The number of H-pyrrole nitrogens is 1. The third-order valence-corrected chi connectivity index (χ3v) is 4.90. The van der Waals surface area contributed by atoms with Crippen molar-refractivity contribution < 1.29 is 8.42 Å². The van der Waals surface area contributed by atoms with Crippen LogP contribution in [0.2, 0.25) is 0 Å². The van der Waals surface area contributed by atoms with E-state index in [0.29, 0.717) is 5.69 Å². The molecule has 5 nitrogen and oxygen atoms in total. The van der Waals surface area contributed by atoms with Crippen molar-refractivity contribution in [3.63, 3.8) is 0 Å². The van der Waals surface area contributed by atoms with Gasteiger partial charge in [0.25, 0.3) is 10.0 Å². The molecule has 0 atom stereocenters. The zero-order chi connectivity index (χ0) is 15.0. The number of anilines is 1. The van der Waals surface area contributed by atoms with Gasteiger partial charge in [0, 0.05) is 4.47 Å². The lowest BCUT2D eigenvalue weighted by Crippen LogP contribution is -2.12. The molecule has 0 spiro atoms. The predicted molar refractivity (Wildman–Crippen MR) is 85.8 cm³/mol. The van der Waals surface area contributed by atoms with Crippen LogP contribution >= 0.6 is 15.9 Å². The topological polar surface area (TPSA) is 74.8 Å². The molecule has 0 amide bonds. The number of hydrogen-bond acceptors (Lipinski definition) is 3. The normalized spacial score (nSPS) is 11.7. The van der Waals surface area contributed by atoms with Crippen molar-refractivity contribution in [1.82, 2.24) is 9.97 Å². The van der Waals surface area contributed by atoms with Gasteiger partial charge in [0.15, 0.2) is 0 Å². The van der Waals surface area contributed by atoms with Gasteiger partial charge in [-0.25, -0.2) is 13.4 Å². The van der Waals surface area contributed by atoms with Crippen molar-refractivity contribution in [2.24, 2.45) is 0 Å². The summed E-state index contributed by atoms with van der Waals surface area (Å²) in [5.74, 6) is 0.790. The lowest BCUT2D eigenvalue weighted by molar-refractivity contribution is 0.601. The summed E-state index contributed by atoms with van der Waals surface area (Å²) in [6.07, 6.45) is 0. The molecular formula is C14H12BrN3O2S. The lowest BCUT2D eigenvalue weighted by atomic mass is 10.3. The third kappa shape index (κ3) is 2.93. The smallest absolute Gasteiger partial charge is 0.261 e. The van der Waals surface area contributed by atoms with E-state index >= 15 is 0 Å². The fraction of sp³-hybridized carbons (Fsp3) is 0.0714. The van der Waals surface area contributed by atoms with Gasteiger partial charge in [-0.05, 0) is 49.4 Å².